The Morgan fingerprint density at radius 2 is 1.93 bits per heavy atom. The molecular weight excluding hydrogens is 202 g/mol. The van der Waals surface area contributed by atoms with Crippen molar-refractivity contribution in [2.75, 3.05) is 20.6 Å². The van der Waals surface area contributed by atoms with Crippen LogP contribution in [0.15, 0.2) is 0 Å². The van der Waals surface area contributed by atoms with Crippen LogP contribution in [0.5, 0.6) is 0 Å². The van der Waals surface area contributed by atoms with Gasteiger partial charge in [0.2, 0.25) is 0 Å². The van der Waals surface area contributed by atoms with Gasteiger partial charge in [0.15, 0.2) is 0 Å². The summed E-state index contributed by atoms with van der Waals surface area (Å²) in [6, 6.07) is 0.0458. The van der Waals surface area contributed by atoms with E-state index in [-0.39, 0.29) is 6.04 Å². The van der Waals surface area contributed by atoms with E-state index in [4.69, 9.17) is 5.73 Å². The van der Waals surface area contributed by atoms with Crippen molar-refractivity contribution >= 4 is 10.2 Å². The first kappa shape index (κ1) is 13.8. The first-order valence-corrected chi connectivity index (χ1v) is 6.15. The summed E-state index contributed by atoms with van der Waals surface area (Å²) in [6.45, 7) is 4.50. The highest BCUT2D eigenvalue weighted by Crippen LogP contribution is 2.04. The maximum atomic E-state index is 11.3. The predicted molar refractivity (Wildman–Crippen MR) is 58.0 cm³/mol. The fraction of sp³-hybridized carbons (Fsp3) is 1.00. The molecule has 0 aromatic heterocycles. The number of nitrogens with zero attached hydrogens (tertiary/aromatic N) is 1. The zero-order chi connectivity index (χ0) is 11.4. The van der Waals surface area contributed by atoms with Gasteiger partial charge >= 0.3 is 0 Å². The Hall–Kier alpha value is -0.170. The summed E-state index contributed by atoms with van der Waals surface area (Å²) in [5, 5.41) is 0. The Bertz CT molecular complexity index is 251. The first-order chi connectivity index (χ1) is 6.31. The quantitative estimate of drug-likeness (QED) is 0.652. The molecule has 0 spiro atoms. The Kier molecular flexibility index (Phi) is 5.58. The van der Waals surface area contributed by atoms with Crippen LogP contribution < -0.4 is 10.5 Å². The Balaban J connectivity index is 4.04. The molecule has 3 N–H and O–H groups in total. The molecule has 0 aromatic carbocycles. The molecule has 0 aliphatic rings. The molecule has 0 aliphatic heterocycles. The van der Waals surface area contributed by atoms with Gasteiger partial charge in [-0.25, -0.2) is 4.72 Å². The summed E-state index contributed by atoms with van der Waals surface area (Å²) >= 11 is 0. The van der Waals surface area contributed by atoms with Crippen molar-refractivity contribution in [2.45, 2.75) is 26.3 Å². The minimum atomic E-state index is -3.29. The summed E-state index contributed by atoms with van der Waals surface area (Å²) in [5.74, 6) is 0.376. The maximum absolute atomic E-state index is 11.3. The molecular formula is C8H21N3O2S. The Labute approximate surface area is 86.8 Å². The number of hydrogen-bond acceptors (Lipinski definition) is 3. The lowest BCUT2D eigenvalue weighted by atomic mass is 10.0. The second-order valence-electron chi connectivity index (χ2n) is 3.73. The lowest BCUT2D eigenvalue weighted by Gasteiger charge is -2.20. The third kappa shape index (κ3) is 4.36. The van der Waals surface area contributed by atoms with Crippen LogP contribution in [0.4, 0.5) is 0 Å². The van der Waals surface area contributed by atoms with Crippen LogP contribution in [0.3, 0.4) is 0 Å². The fourth-order valence-corrected chi connectivity index (χ4v) is 1.60. The van der Waals surface area contributed by atoms with Crippen molar-refractivity contribution in [1.29, 1.82) is 0 Å². The molecule has 14 heavy (non-hydrogen) atoms. The second-order valence-corrected chi connectivity index (χ2v) is 5.71. The average molecular weight is 223 g/mol. The Morgan fingerprint density at radius 1 is 1.43 bits per heavy atom. The lowest BCUT2D eigenvalue weighted by Crippen LogP contribution is -2.39. The van der Waals surface area contributed by atoms with E-state index in [9.17, 15) is 8.42 Å². The van der Waals surface area contributed by atoms with Crippen molar-refractivity contribution in [3.63, 3.8) is 0 Å². The first-order valence-electron chi connectivity index (χ1n) is 4.71. The third-order valence-corrected chi connectivity index (χ3v) is 3.82. The molecule has 0 aliphatic carbocycles. The van der Waals surface area contributed by atoms with E-state index >= 15 is 0 Å². The normalized spacial score (nSPS) is 15.1. The van der Waals surface area contributed by atoms with E-state index < -0.39 is 10.2 Å². The van der Waals surface area contributed by atoms with E-state index in [1.165, 1.54) is 11.4 Å². The molecule has 0 radical (unpaired) electrons. The van der Waals surface area contributed by atoms with Crippen LogP contribution in [0.1, 0.15) is 20.3 Å². The monoisotopic (exact) mass is 223 g/mol. The van der Waals surface area contributed by atoms with Crippen LogP contribution in [-0.2, 0) is 10.2 Å². The standard InChI is InChI=1S/C8H21N3O2S/c1-7(2)8(9)5-6-11(4)14(12,13)10-3/h7-8,10H,5-6,9H2,1-4H3. The van der Waals surface area contributed by atoms with Crippen molar-refractivity contribution in [3.05, 3.63) is 0 Å². The number of nitrogens with one attached hydrogen (secondary N) is 1. The Morgan fingerprint density at radius 3 is 2.29 bits per heavy atom. The van der Waals surface area contributed by atoms with Gasteiger partial charge in [0.05, 0.1) is 0 Å². The van der Waals surface area contributed by atoms with Gasteiger partial charge in [-0.15, -0.1) is 0 Å². The van der Waals surface area contributed by atoms with Gasteiger partial charge in [-0.1, -0.05) is 13.8 Å². The van der Waals surface area contributed by atoms with Gasteiger partial charge in [0, 0.05) is 26.7 Å². The average Bonchev–Trinajstić information content (AvgIpc) is 2.13. The van der Waals surface area contributed by atoms with Gasteiger partial charge in [-0.05, 0) is 12.3 Å². The smallest absolute Gasteiger partial charge is 0.278 e. The maximum Gasteiger partial charge on any atom is 0.278 e. The largest absolute Gasteiger partial charge is 0.327 e. The third-order valence-electron chi connectivity index (χ3n) is 2.30. The molecule has 5 nitrogen and oxygen atoms in total. The number of nitrogens with two attached hydrogens (primary N) is 1. The van der Waals surface area contributed by atoms with E-state index in [0.717, 1.165) is 0 Å². The summed E-state index contributed by atoms with van der Waals surface area (Å²) in [6.07, 6.45) is 0.676. The number of hydrogen-bond donors (Lipinski definition) is 2. The van der Waals surface area contributed by atoms with E-state index in [0.29, 0.717) is 18.9 Å². The van der Waals surface area contributed by atoms with Crippen molar-refractivity contribution in [2.24, 2.45) is 11.7 Å². The summed E-state index contributed by atoms with van der Waals surface area (Å²) in [4.78, 5) is 0. The molecule has 0 bridgehead atoms. The molecule has 1 atom stereocenters. The zero-order valence-corrected chi connectivity index (χ0v) is 10.1. The van der Waals surface area contributed by atoms with Gasteiger partial charge in [-0.2, -0.15) is 12.7 Å². The van der Waals surface area contributed by atoms with E-state index in [1.54, 1.807) is 7.05 Å². The van der Waals surface area contributed by atoms with Crippen LogP contribution in [0.25, 0.3) is 0 Å². The molecule has 0 amide bonds. The van der Waals surface area contributed by atoms with Crippen molar-refractivity contribution < 1.29 is 8.42 Å². The van der Waals surface area contributed by atoms with Gasteiger partial charge in [-0.3, -0.25) is 0 Å². The highest BCUT2D eigenvalue weighted by Gasteiger charge is 2.16. The SMILES string of the molecule is CNS(=O)(=O)N(C)CCC(N)C(C)C. The molecule has 0 heterocycles. The van der Waals surface area contributed by atoms with Gasteiger partial charge in [0.25, 0.3) is 10.2 Å². The second kappa shape index (κ2) is 5.65. The van der Waals surface area contributed by atoms with Crippen LogP contribution >= 0.6 is 0 Å². The van der Waals surface area contributed by atoms with Crippen LogP contribution in [0, 0.1) is 5.92 Å². The molecule has 0 rings (SSSR count). The minimum Gasteiger partial charge on any atom is -0.327 e. The van der Waals surface area contributed by atoms with E-state index in [1.807, 2.05) is 13.8 Å². The minimum absolute atomic E-state index is 0.0458. The molecule has 6 heteroatoms. The van der Waals surface area contributed by atoms with Crippen LogP contribution in [-0.4, -0.2) is 39.4 Å². The topological polar surface area (TPSA) is 75.4 Å². The van der Waals surface area contributed by atoms with Crippen molar-refractivity contribution in [1.82, 2.24) is 9.03 Å². The molecule has 86 valence electrons. The summed E-state index contributed by atoms with van der Waals surface area (Å²) < 4.78 is 26.0. The summed E-state index contributed by atoms with van der Waals surface area (Å²) in [5.41, 5.74) is 5.81. The summed E-state index contributed by atoms with van der Waals surface area (Å²) in [7, 11) is -0.354. The molecule has 0 fully saturated rings. The molecule has 1 unspecified atom stereocenters. The fourth-order valence-electron chi connectivity index (χ4n) is 0.940. The molecule has 0 saturated carbocycles. The van der Waals surface area contributed by atoms with Crippen molar-refractivity contribution in [3.8, 4) is 0 Å². The molecule has 0 saturated heterocycles. The highest BCUT2D eigenvalue weighted by atomic mass is 32.2. The highest BCUT2D eigenvalue weighted by molar-refractivity contribution is 7.87. The van der Waals surface area contributed by atoms with Crippen LogP contribution in [0.2, 0.25) is 0 Å². The van der Waals surface area contributed by atoms with Gasteiger partial charge in [0.1, 0.15) is 0 Å². The van der Waals surface area contributed by atoms with E-state index in [2.05, 4.69) is 4.72 Å². The zero-order valence-electron chi connectivity index (χ0n) is 9.32. The predicted octanol–water partition coefficient (Wildman–Crippen LogP) is -0.244. The molecule has 0 aromatic rings. The number of rotatable bonds is 6. The van der Waals surface area contributed by atoms with Gasteiger partial charge < -0.3 is 5.73 Å². The lowest BCUT2D eigenvalue weighted by molar-refractivity contribution is 0.395.